The lowest BCUT2D eigenvalue weighted by molar-refractivity contribution is -0.121. The Kier molecular flexibility index (Phi) is 3.96. The quantitative estimate of drug-likeness (QED) is 0.598. The van der Waals surface area contributed by atoms with E-state index in [1.54, 1.807) is 0 Å². The van der Waals surface area contributed by atoms with E-state index in [4.69, 9.17) is 5.73 Å². The van der Waals surface area contributed by atoms with Crippen molar-refractivity contribution in [2.45, 2.75) is 37.8 Å². The van der Waals surface area contributed by atoms with Crippen LogP contribution in [0.25, 0.3) is 0 Å². The van der Waals surface area contributed by atoms with Gasteiger partial charge >= 0.3 is 6.03 Å². The highest BCUT2D eigenvalue weighted by molar-refractivity contribution is 5.94. The van der Waals surface area contributed by atoms with E-state index < -0.39 is 6.03 Å². The molecule has 1 atom stereocenters. The summed E-state index contributed by atoms with van der Waals surface area (Å²) in [5.41, 5.74) is 4.92. The Morgan fingerprint density at radius 3 is 2.65 bits per heavy atom. The van der Waals surface area contributed by atoms with Crippen molar-refractivity contribution in [3.8, 4) is 0 Å². The Morgan fingerprint density at radius 2 is 2.12 bits per heavy atom. The summed E-state index contributed by atoms with van der Waals surface area (Å²) in [6.45, 7) is 2.22. The molecular formula is C11H20N4O2. The molecule has 0 spiro atoms. The van der Waals surface area contributed by atoms with Crippen molar-refractivity contribution in [1.29, 1.82) is 0 Å². The zero-order valence-electron chi connectivity index (χ0n) is 9.95. The third kappa shape index (κ3) is 3.98. The number of rotatable bonds is 5. The van der Waals surface area contributed by atoms with Crippen molar-refractivity contribution in [2.75, 3.05) is 19.6 Å². The van der Waals surface area contributed by atoms with Crippen molar-refractivity contribution in [3.05, 3.63) is 0 Å². The lowest BCUT2D eigenvalue weighted by Crippen LogP contribution is -2.46. The molecule has 1 aliphatic carbocycles. The zero-order chi connectivity index (χ0) is 12.3. The fourth-order valence-electron chi connectivity index (χ4n) is 2.34. The van der Waals surface area contributed by atoms with Crippen molar-refractivity contribution in [3.63, 3.8) is 0 Å². The van der Waals surface area contributed by atoms with Gasteiger partial charge in [-0.25, -0.2) is 4.79 Å². The van der Waals surface area contributed by atoms with E-state index in [0.717, 1.165) is 25.9 Å². The first-order valence-corrected chi connectivity index (χ1v) is 6.22. The first-order chi connectivity index (χ1) is 8.15. The van der Waals surface area contributed by atoms with Crippen LogP contribution in [0.2, 0.25) is 0 Å². The van der Waals surface area contributed by atoms with Gasteiger partial charge in [-0.1, -0.05) is 0 Å². The predicted molar refractivity (Wildman–Crippen MR) is 63.3 cm³/mol. The average Bonchev–Trinajstić information content (AvgIpc) is 2.96. The minimum atomic E-state index is -0.773. The molecule has 2 fully saturated rings. The van der Waals surface area contributed by atoms with Gasteiger partial charge in [0.25, 0.3) is 0 Å². The van der Waals surface area contributed by atoms with Gasteiger partial charge in [-0.15, -0.1) is 0 Å². The Balaban J connectivity index is 1.79. The lowest BCUT2D eigenvalue weighted by Gasteiger charge is -2.24. The second-order valence-electron chi connectivity index (χ2n) is 4.87. The predicted octanol–water partition coefficient (Wildman–Crippen LogP) is -0.602. The van der Waals surface area contributed by atoms with Crippen LogP contribution in [-0.2, 0) is 4.79 Å². The molecule has 17 heavy (non-hydrogen) atoms. The number of imide groups is 1. The minimum absolute atomic E-state index is 0.270. The van der Waals surface area contributed by atoms with E-state index in [2.05, 4.69) is 15.5 Å². The summed E-state index contributed by atoms with van der Waals surface area (Å²) in [5, 5.41) is 5.54. The SMILES string of the molecule is NC(=O)NC(=O)CN(CC1CCCN1)C1CC1. The largest absolute Gasteiger partial charge is 0.351 e. The molecule has 0 aromatic heterocycles. The molecule has 0 aromatic rings. The summed E-state index contributed by atoms with van der Waals surface area (Å²) in [5.74, 6) is -0.303. The van der Waals surface area contributed by atoms with E-state index in [9.17, 15) is 9.59 Å². The first kappa shape index (κ1) is 12.3. The van der Waals surface area contributed by atoms with Crippen molar-refractivity contribution in [1.82, 2.24) is 15.5 Å². The first-order valence-electron chi connectivity index (χ1n) is 6.22. The minimum Gasteiger partial charge on any atom is -0.351 e. The summed E-state index contributed by atoms with van der Waals surface area (Å²) in [4.78, 5) is 24.2. The van der Waals surface area contributed by atoms with E-state index in [1.165, 1.54) is 12.8 Å². The highest BCUT2D eigenvalue weighted by Gasteiger charge is 2.32. The van der Waals surface area contributed by atoms with Crippen molar-refractivity contribution in [2.24, 2.45) is 5.73 Å². The molecule has 1 saturated carbocycles. The molecular weight excluding hydrogens is 220 g/mol. The molecule has 4 N–H and O–H groups in total. The van der Waals surface area contributed by atoms with Crippen LogP contribution in [0.4, 0.5) is 4.79 Å². The Morgan fingerprint density at radius 1 is 1.35 bits per heavy atom. The van der Waals surface area contributed by atoms with Gasteiger partial charge in [-0.3, -0.25) is 15.0 Å². The number of amides is 3. The van der Waals surface area contributed by atoms with Crippen molar-refractivity contribution < 1.29 is 9.59 Å². The Labute approximate surface area is 101 Å². The van der Waals surface area contributed by atoms with Gasteiger partial charge in [0.15, 0.2) is 0 Å². The van der Waals surface area contributed by atoms with Crippen LogP contribution in [0.3, 0.4) is 0 Å². The van der Waals surface area contributed by atoms with Gasteiger partial charge in [0.2, 0.25) is 5.91 Å². The molecule has 6 nitrogen and oxygen atoms in total. The third-order valence-electron chi connectivity index (χ3n) is 3.29. The second-order valence-corrected chi connectivity index (χ2v) is 4.87. The van der Waals surface area contributed by atoms with Gasteiger partial charge in [-0.05, 0) is 32.2 Å². The van der Waals surface area contributed by atoms with Crippen LogP contribution in [0, 0.1) is 0 Å². The zero-order valence-corrected chi connectivity index (χ0v) is 9.95. The molecule has 0 radical (unpaired) electrons. The standard InChI is InChI=1S/C11H20N4O2/c12-11(17)14-10(16)7-15(9-3-4-9)6-8-2-1-5-13-8/h8-9,13H,1-7H2,(H3,12,14,16,17). The number of nitrogens with zero attached hydrogens (tertiary/aromatic N) is 1. The third-order valence-corrected chi connectivity index (χ3v) is 3.29. The van der Waals surface area contributed by atoms with E-state index in [-0.39, 0.29) is 12.5 Å². The maximum atomic E-state index is 11.5. The molecule has 0 bridgehead atoms. The number of urea groups is 1. The normalized spacial score (nSPS) is 23.9. The van der Waals surface area contributed by atoms with Crippen LogP contribution in [-0.4, -0.2) is 48.6 Å². The molecule has 1 saturated heterocycles. The summed E-state index contributed by atoms with van der Waals surface area (Å²) in [6.07, 6.45) is 4.67. The smallest absolute Gasteiger partial charge is 0.318 e. The summed E-state index contributed by atoms with van der Waals surface area (Å²) >= 11 is 0. The molecule has 1 heterocycles. The molecule has 2 rings (SSSR count). The summed E-state index contributed by atoms with van der Waals surface area (Å²) in [6, 6.07) is 0.220. The molecule has 6 heteroatoms. The maximum Gasteiger partial charge on any atom is 0.318 e. The Hall–Kier alpha value is -1.14. The number of nitrogens with one attached hydrogen (secondary N) is 2. The molecule has 1 unspecified atom stereocenters. The second kappa shape index (κ2) is 5.46. The summed E-state index contributed by atoms with van der Waals surface area (Å²) < 4.78 is 0. The molecule has 1 aliphatic heterocycles. The molecule has 3 amide bonds. The van der Waals surface area contributed by atoms with Crippen LogP contribution in [0.5, 0.6) is 0 Å². The molecule has 96 valence electrons. The van der Waals surface area contributed by atoms with Crippen LogP contribution < -0.4 is 16.4 Å². The van der Waals surface area contributed by atoms with Crippen LogP contribution in [0.1, 0.15) is 25.7 Å². The lowest BCUT2D eigenvalue weighted by atomic mass is 10.2. The fraction of sp³-hybridized carbons (Fsp3) is 0.818. The maximum absolute atomic E-state index is 11.5. The van der Waals surface area contributed by atoms with Crippen LogP contribution >= 0.6 is 0 Å². The van der Waals surface area contributed by atoms with Gasteiger partial charge < -0.3 is 11.1 Å². The van der Waals surface area contributed by atoms with Crippen molar-refractivity contribution >= 4 is 11.9 Å². The Bertz CT molecular complexity index is 298. The number of primary amides is 1. The highest BCUT2D eigenvalue weighted by atomic mass is 16.2. The number of nitrogens with two attached hydrogens (primary N) is 1. The van der Waals surface area contributed by atoms with Gasteiger partial charge in [0.05, 0.1) is 6.54 Å². The van der Waals surface area contributed by atoms with Gasteiger partial charge in [0, 0.05) is 18.6 Å². The van der Waals surface area contributed by atoms with Gasteiger partial charge in [-0.2, -0.15) is 0 Å². The van der Waals surface area contributed by atoms with E-state index in [0.29, 0.717) is 12.1 Å². The summed E-state index contributed by atoms with van der Waals surface area (Å²) in [7, 11) is 0. The molecule has 2 aliphatic rings. The van der Waals surface area contributed by atoms with E-state index in [1.807, 2.05) is 0 Å². The highest BCUT2D eigenvalue weighted by Crippen LogP contribution is 2.27. The molecule has 0 aromatic carbocycles. The number of carbonyl (C=O) groups excluding carboxylic acids is 2. The fourth-order valence-corrected chi connectivity index (χ4v) is 2.34. The van der Waals surface area contributed by atoms with Gasteiger partial charge in [0.1, 0.15) is 0 Å². The average molecular weight is 240 g/mol. The van der Waals surface area contributed by atoms with Crippen LogP contribution in [0.15, 0.2) is 0 Å². The topological polar surface area (TPSA) is 87.5 Å². The number of hydrogen-bond donors (Lipinski definition) is 3. The number of carbonyl (C=O) groups is 2. The van der Waals surface area contributed by atoms with E-state index >= 15 is 0 Å². The monoisotopic (exact) mass is 240 g/mol. The number of hydrogen-bond acceptors (Lipinski definition) is 4.